The average Bonchev–Trinajstić information content (AvgIpc) is 2.82. The van der Waals surface area contributed by atoms with Gasteiger partial charge in [0.2, 0.25) is 0 Å². The third-order valence-electron chi connectivity index (χ3n) is 4.05. The van der Waals surface area contributed by atoms with Crippen molar-refractivity contribution >= 4 is 11.6 Å². The highest BCUT2D eigenvalue weighted by Gasteiger charge is 2.31. The Morgan fingerprint density at radius 2 is 1.45 bits per heavy atom. The Morgan fingerprint density at radius 3 is 1.95 bits per heavy atom. The highest BCUT2D eigenvalue weighted by molar-refractivity contribution is 6.18. The molecule has 0 N–H and O–H groups in total. The van der Waals surface area contributed by atoms with Crippen molar-refractivity contribution in [1.29, 1.82) is 0 Å². The van der Waals surface area contributed by atoms with Crippen molar-refractivity contribution in [3.05, 3.63) is 59.7 Å². The summed E-state index contributed by atoms with van der Waals surface area (Å²) in [5.41, 5.74) is 5.60. The van der Waals surface area contributed by atoms with E-state index in [4.69, 9.17) is 11.6 Å². The van der Waals surface area contributed by atoms with Crippen molar-refractivity contribution in [2.45, 2.75) is 19.4 Å². The van der Waals surface area contributed by atoms with Gasteiger partial charge in [-0.05, 0) is 35.2 Å². The van der Waals surface area contributed by atoms with Crippen LogP contribution in [0.3, 0.4) is 0 Å². The maximum atomic E-state index is 6.02. The zero-order valence-corrected chi connectivity index (χ0v) is 12.6. The van der Waals surface area contributed by atoms with Crippen molar-refractivity contribution < 1.29 is 0 Å². The fourth-order valence-electron chi connectivity index (χ4n) is 3.29. The first kappa shape index (κ1) is 13.7. The molecule has 0 saturated carbocycles. The van der Waals surface area contributed by atoms with E-state index in [0.717, 1.165) is 19.5 Å². The van der Waals surface area contributed by atoms with Crippen LogP contribution in [-0.2, 0) is 0 Å². The SMILES string of the molecule is CCCN(CCCl)C1c2ccccc2-c2ccccc21. The molecule has 0 fully saturated rings. The predicted octanol–water partition coefficient (Wildman–Crippen LogP) is 4.71. The van der Waals surface area contributed by atoms with Gasteiger partial charge in [-0.1, -0.05) is 55.5 Å². The lowest BCUT2D eigenvalue weighted by atomic mass is 10.0. The molecular weight excluding hydrogens is 266 g/mol. The van der Waals surface area contributed by atoms with Crippen LogP contribution in [0.5, 0.6) is 0 Å². The van der Waals surface area contributed by atoms with E-state index in [1.165, 1.54) is 22.3 Å². The van der Waals surface area contributed by atoms with Gasteiger partial charge in [-0.2, -0.15) is 0 Å². The maximum absolute atomic E-state index is 6.02. The van der Waals surface area contributed by atoms with Crippen LogP contribution in [0.15, 0.2) is 48.5 Å². The molecule has 1 nitrogen and oxygen atoms in total. The number of benzene rings is 2. The summed E-state index contributed by atoms with van der Waals surface area (Å²) in [5, 5.41) is 0. The molecule has 0 amide bonds. The molecule has 0 atom stereocenters. The second-order valence-corrected chi connectivity index (χ2v) is 5.68. The minimum Gasteiger partial charge on any atom is -0.291 e. The average molecular weight is 286 g/mol. The smallest absolute Gasteiger partial charge is 0.0614 e. The van der Waals surface area contributed by atoms with E-state index < -0.39 is 0 Å². The standard InChI is InChI=1S/C18H20ClN/c1-2-12-20(13-11-19)18-16-9-5-3-7-14(16)15-8-4-6-10-17(15)18/h3-10,18H,2,11-13H2,1H3. The van der Waals surface area contributed by atoms with Gasteiger partial charge in [-0.25, -0.2) is 0 Å². The second kappa shape index (κ2) is 5.99. The van der Waals surface area contributed by atoms with Gasteiger partial charge in [0.25, 0.3) is 0 Å². The van der Waals surface area contributed by atoms with Gasteiger partial charge >= 0.3 is 0 Å². The van der Waals surface area contributed by atoms with Crippen LogP contribution in [0.1, 0.15) is 30.5 Å². The van der Waals surface area contributed by atoms with Gasteiger partial charge in [0.15, 0.2) is 0 Å². The molecular formula is C18H20ClN. The van der Waals surface area contributed by atoms with Crippen LogP contribution in [-0.4, -0.2) is 23.9 Å². The van der Waals surface area contributed by atoms with Gasteiger partial charge in [-0.15, -0.1) is 11.6 Å². The summed E-state index contributed by atoms with van der Waals surface area (Å²) >= 11 is 6.02. The number of hydrogen-bond donors (Lipinski definition) is 0. The van der Waals surface area contributed by atoms with Crippen LogP contribution in [0, 0.1) is 0 Å². The molecule has 1 aliphatic carbocycles. The molecule has 3 rings (SSSR count). The summed E-state index contributed by atoms with van der Waals surface area (Å²) in [5.74, 6) is 0.681. The molecule has 0 heterocycles. The molecule has 1 aliphatic rings. The van der Waals surface area contributed by atoms with E-state index >= 15 is 0 Å². The van der Waals surface area contributed by atoms with Crippen LogP contribution in [0.4, 0.5) is 0 Å². The topological polar surface area (TPSA) is 3.24 Å². The van der Waals surface area contributed by atoms with Crippen molar-refractivity contribution in [1.82, 2.24) is 4.90 Å². The largest absolute Gasteiger partial charge is 0.291 e. The van der Waals surface area contributed by atoms with Gasteiger partial charge in [0, 0.05) is 12.4 Å². The van der Waals surface area contributed by atoms with Gasteiger partial charge in [0.1, 0.15) is 0 Å². The molecule has 0 spiro atoms. The van der Waals surface area contributed by atoms with Gasteiger partial charge in [0.05, 0.1) is 6.04 Å². The monoisotopic (exact) mass is 285 g/mol. The molecule has 0 radical (unpaired) electrons. The summed E-state index contributed by atoms with van der Waals surface area (Å²) in [6.45, 7) is 4.25. The molecule has 2 aromatic carbocycles. The number of rotatable bonds is 5. The molecule has 0 bridgehead atoms. The van der Waals surface area contributed by atoms with Gasteiger partial charge in [-0.3, -0.25) is 4.90 Å². The van der Waals surface area contributed by atoms with Crippen molar-refractivity contribution in [2.75, 3.05) is 19.0 Å². The molecule has 0 aliphatic heterocycles. The second-order valence-electron chi connectivity index (χ2n) is 5.30. The Kier molecular flexibility index (Phi) is 4.09. The third kappa shape index (κ3) is 2.25. The summed E-state index contributed by atoms with van der Waals surface area (Å²) < 4.78 is 0. The van der Waals surface area contributed by atoms with E-state index in [1.54, 1.807) is 0 Å². The van der Waals surface area contributed by atoms with Crippen molar-refractivity contribution in [3.63, 3.8) is 0 Å². The molecule has 2 heteroatoms. The number of fused-ring (bicyclic) bond motifs is 3. The van der Waals surface area contributed by atoms with E-state index in [0.29, 0.717) is 11.9 Å². The van der Waals surface area contributed by atoms with E-state index in [-0.39, 0.29) is 0 Å². The highest BCUT2D eigenvalue weighted by Crippen LogP contribution is 2.46. The van der Waals surface area contributed by atoms with Crippen molar-refractivity contribution in [2.24, 2.45) is 0 Å². The predicted molar refractivity (Wildman–Crippen MR) is 86.3 cm³/mol. The summed E-state index contributed by atoms with van der Waals surface area (Å²) in [6, 6.07) is 17.9. The zero-order chi connectivity index (χ0) is 13.9. The number of hydrogen-bond acceptors (Lipinski definition) is 1. The van der Waals surface area contributed by atoms with E-state index in [1.807, 2.05) is 0 Å². The first-order chi connectivity index (χ1) is 9.86. The fraction of sp³-hybridized carbons (Fsp3) is 0.333. The lowest BCUT2D eigenvalue weighted by Crippen LogP contribution is -2.31. The number of alkyl halides is 1. The fourth-order valence-corrected chi connectivity index (χ4v) is 3.51. The van der Waals surface area contributed by atoms with E-state index in [2.05, 4.69) is 60.4 Å². The Balaban J connectivity index is 2.10. The summed E-state index contributed by atoms with van der Waals surface area (Å²) in [7, 11) is 0. The normalized spacial score (nSPS) is 13.6. The lowest BCUT2D eigenvalue weighted by molar-refractivity contribution is 0.243. The maximum Gasteiger partial charge on any atom is 0.0614 e. The number of nitrogens with zero attached hydrogens (tertiary/aromatic N) is 1. The minimum atomic E-state index is 0.362. The molecule has 104 valence electrons. The Hall–Kier alpha value is -1.31. The van der Waals surface area contributed by atoms with Crippen molar-refractivity contribution in [3.8, 4) is 11.1 Å². The molecule has 0 aromatic heterocycles. The van der Waals surface area contributed by atoms with Crippen LogP contribution < -0.4 is 0 Å². The number of halogens is 1. The highest BCUT2D eigenvalue weighted by atomic mass is 35.5. The molecule has 2 aromatic rings. The zero-order valence-electron chi connectivity index (χ0n) is 11.8. The Bertz CT molecular complexity index is 542. The van der Waals surface area contributed by atoms with Crippen LogP contribution >= 0.6 is 11.6 Å². The van der Waals surface area contributed by atoms with E-state index in [9.17, 15) is 0 Å². The minimum absolute atomic E-state index is 0.362. The lowest BCUT2D eigenvalue weighted by Gasteiger charge is -2.29. The quantitative estimate of drug-likeness (QED) is 0.719. The summed E-state index contributed by atoms with van der Waals surface area (Å²) in [4.78, 5) is 2.51. The Labute approximate surface area is 126 Å². The third-order valence-corrected chi connectivity index (χ3v) is 4.22. The molecule has 0 saturated heterocycles. The van der Waals surface area contributed by atoms with Gasteiger partial charge < -0.3 is 0 Å². The molecule has 0 unspecified atom stereocenters. The van der Waals surface area contributed by atoms with Crippen LogP contribution in [0.2, 0.25) is 0 Å². The summed E-state index contributed by atoms with van der Waals surface area (Å²) in [6.07, 6.45) is 1.15. The Morgan fingerprint density at radius 1 is 0.900 bits per heavy atom. The first-order valence-electron chi connectivity index (χ1n) is 7.35. The first-order valence-corrected chi connectivity index (χ1v) is 7.88. The van der Waals surface area contributed by atoms with Crippen LogP contribution in [0.25, 0.3) is 11.1 Å². The molecule has 20 heavy (non-hydrogen) atoms.